The number of aryl methyl sites for hydroxylation is 3. The van der Waals surface area contributed by atoms with E-state index in [2.05, 4.69) is 44.7 Å². The highest BCUT2D eigenvalue weighted by Crippen LogP contribution is 2.37. The smallest absolute Gasteiger partial charge is 0.154 e. The third kappa shape index (κ3) is 6.89. The fourth-order valence-electron chi connectivity index (χ4n) is 2.88. The van der Waals surface area contributed by atoms with Crippen molar-refractivity contribution in [3.8, 4) is 0 Å². The topological polar surface area (TPSA) is 0 Å². The van der Waals surface area contributed by atoms with Crippen LogP contribution in [0.3, 0.4) is 0 Å². The van der Waals surface area contributed by atoms with Gasteiger partial charge in [0.2, 0.25) is 0 Å². The van der Waals surface area contributed by atoms with E-state index in [-0.39, 0.29) is 5.82 Å². The molecule has 0 bridgehead atoms. The van der Waals surface area contributed by atoms with Crippen molar-refractivity contribution in [2.45, 2.75) is 60.1 Å². The number of rotatable bonds is 4. The molecule has 2 aromatic carbocycles. The first kappa shape index (κ1) is 25.0. The molecule has 150 valence electrons. The summed E-state index contributed by atoms with van der Waals surface area (Å²) in [5, 5.41) is 0. The van der Waals surface area contributed by atoms with Gasteiger partial charge in [0.15, 0.2) is 5.67 Å². The molecule has 0 radical (unpaired) electrons. The van der Waals surface area contributed by atoms with Gasteiger partial charge in [-0.3, -0.25) is 4.39 Å². The minimum atomic E-state index is -1.67. The van der Waals surface area contributed by atoms with Crippen molar-refractivity contribution in [3.05, 3.63) is 82.2 Å². The number of halogens is 3. The fraction of sp³-hybridized carbons (Fsp3) is 0.417. The monoisotopic (exact) mass is 378 g/mol. The number of allylic oxidation sites excluding steroid dienone is 1. The van der Waals surface area contributed by atoms with Crippen LogP contribution in [0.4, 0.5) is 13.2 Å². The van der Waals surface area contributed by atoms with Gasteiger partial charge in [-0.25, -0.2) is 8.78 Å². The molecule has 0 aliphatic heterocycles. The summed E-state index contributed by atoms with van der Waals surface area (Å²) in [6, 6.07) is 11.6. The zero-order valence-corrected chi connectivity index (χ0v) is 17.7. The van der Waals surface area contributed by atoms with Crippen molar-refractivity contribution in [1.82, 2.24) is 0 Å². The Kier molecular flexibility index (Phi) is 10.8. The normalized spacial score (nSPS) is 12.1. The Balaban J connectivity index is 0.000000519. The van der Waals surface area contributed by atoms with Crippen LogP contribution in [0.2, 0.25) is 0 Å². The molecule has 0 amide bonds. The van der Waals surface area contributed by atoms with E-state index in [1.807, 2.05) is 6.92 Å². The second-order valence-corrected chi connectivity index (χ2v) is 6.70. The molecular weight excluding hydrogens is 345 g/mol. The lowest BCUT2D eigenvalue weighted by Gasteiger charge is -2.26. The number of alkyl halides is 2. The maximum Gasteiger partial charge on any atom is 0.154 e. The van der Waals surface area contributed by atoms with Crippen molar-refractivity contribution in [2.24, 2.45) is 0 Å². The third-order valence-corrected chi connectivity index (χ3v) is 4.58. The molecule has 0 aliphatic rings. The first-order valence-electron chi connectivity index (χ1n) is 9.21. The number of benzene rings is 2. The van der Waals surface area contributed by atoms with Crippen LogP contribution in [0.25, 0.3) is 0 Å². The van der Waals surface area contributed by atoms with E-state index in [0.717, 1.165) is 12.0 Å². The average Bonchev–Trinajstić information content (AvgIpc) is 2.65. The molecule has 0 saturated heterocycles. The Bertz CT molecular complexity index is 730. The van der Waals surface area contributed by atoms with Crippen LogP contribution in [0.15, 0.2) is 48.6 Å². The minimum absolute atomic E-state index is 0.340. The lowest BCUT2D eigenvalue weighted by molar-refractivity contribution is 0.241. The van der Waals surface area contributed by atoms with E-state index < -0.39 is 5.67 Å². The summed E-state index contributed by atoms with van der Waals surface area (Å²) in [7, 11) is 0.500. The first-order chi connectivity index (χ1) is 12.6. The van der Waals surface area contributed by atoms with Crippen LogP contribution >= 0.6 is 0 Å². The summed E-state index contributed by atoms with van der Waals surface area (Å²) in [6.45, 7) is 14.7. The second kappa shape index (κ2) is 11.6. The summed E-state index contributed by atoms with van der Waals surface area (Å²) in [5.74, 6) is -0.340. The van der Waals surface area contributed by atoms with Crippen molar-refractivity contribution in [1.29, 1.82) is 0 Å². The van der Waals surface area contributed by atoms with E-state index in [1.54, 1.807) is 19.9 Å². The van der Waals surface area contributed by atoms with Gasteiger partial charge in [0.1, 0.15) is 5.82 Å². The SMILES string of the molecule is C=C(C)C(C)(F)c1c(C)ccc(F)c1CC.CCc1cccc(C)c1.CF. The molecule has 1 unspecified atom stereocenters. The lowest BCUT2D eigenvalue weighted by atomic mass is 9.84. The van der Waals surface area contributed by atoms with Crippen LogP contribution in [0.1, 0.15) is 55.5 Å². The summed E-state index contributed by atoms with van der Waals surface area (Å²) < 4.78 is 37.7. The molecule has 1 atom stereocenters. The summed E-state index contributed by atoms with van der Waals surface area (Å²) >= 11 is 0. The van der Waals surface area contributed by atoms with Gasteiger partial charge in [-0.1, -0.05) is 56.3 Å². The van der Waals surface area contributed by atoms with Gasteiger partial charge >= 0.3 is 0 Å². The zero-order valence-electron chi connectivity index (χ0n) is 17.7. The van der Waals surface area contributed by atoms with Crippen LogP contribution in [-0.4, -0.2) is 7.18 Å². The fourth-order valence-corrected chi connectivity index (χ4v) is 2.88. The molecule has 0 heterocycles. The van der Waals surface area contributed by atoms with Gasteiger partial charge in [-0.15, -0.1) is 0 Å². The average molecular weight is 379 g/mol. The van der Waals surface area contributed by atoms with Crippen LogP contribution in [0.5, 0.6) is 0 Å². The van der Waals surface area contributed by atoms with Crippen LogP contribution < -0.4 is 0 Å². The van der Waals surface area contributed by atoms with E-state index >= 15 is 0 Å². The molecule has 0 saturated carbocycles. The zero-order chi connectivity index (χ0) is 21.2. The molecule has 0 aliphatic carbocycles. The molecule has 0 spiro atoms. The highest BCUT2D eigenvalue weighted by molar-refractivity contribution is 5.43. The lowest BCUT2D eigenvalue weighted by Crippen LogP contribution is -2.21. The summed E-state index contributed by atoms with van der Waals surface area (Å²) in [6.07, 6.45) is 1.62. The largest absolute Gasteiger partial charge is 0.255 e. The van der Waals surface area contributed by atoms with Gasteiger partial charge in [-0.2, -0.15) is 0 Å². The molecule has 2 rings (SSSR count). The maximum absolute atomic E-state index is 14.6. The van der Waals surface area contributed by atoms with Gasteiger partial charge in [0.05, 0.1) is 7.18 Å². The molecule has 0 N–H and O–H groups in total. The Morgan fingerprint density at radius 3 is 2.04 bits per heavy atom. The Hall–Kier alpha value is -2.03. The Labute approximate surface area is 163 Å². The van der Waals surface area contributed by atoms with Crippen molar-refractivity contribution in [2.75, 3.05) is 7.18 Å². The van der Waals surface area contributed by atoms with Gasteiger partial charge in [-0.05, 0) is 68.9 Å². The standard InChI is InChI=1S/C14H18F2.C9H12.CH3F/c1-6-11-12(15)8-7-10(4)13(11)14(5,16)9(2)3;1-3-9-6-4-5-8(2)7-9;1-2/h7-8H,2,6H2,1,3-5H3;4-7H,3H2,1-2H3;1H3. The van der Waals surface area contributed by atoms with Crippen LogP contribution in [-0.2, 0) is 18.5 Å². The van der Waals surface area contributed by atoms with Crippen molar-refractivity contribution >= 4 is 0 Å². The summed E-state index contributed by atoms with van der Waals surface area (Å²) in [4.78, 5) is 0. The van der Waals surface area contributed by atoms with Crippen molar-refractivity contribution < 1.29 is 13.2 Å². The maximum atomic E-state index is 14.6. The number of hydrogen-bond donors (Lipinski definition) is 0. The number of hydrogen-bond acceptors (Lipinski definition) is 0. The first-order valence-corrected chi connectivity index (χ1v) is 9.21. The Morgan fingerprint density at radius 1 is 1.04 bits per heavy atom. The minimum Gasteiger partial charge on any atom is -0.255 e. The summed E-state index contributed by atoms with van der Waals surface area (Å²) in [5.41, 5.74) is 3.17. The van der Waals surface area contributed by atoms with Crippen molar-refractivity contribution in [3.63, 3.8) is 0 Å². The quantitative estimate of drug-likeness (QED) is 0.480. The molecule has 3 heteroatoms. The van der Waals surface area contributed by atoms with E-state index in [9.17, 15) is 13.2 Å². The van der Waals surface area contributed by atoms with Gasteiger partial charge in [0, 0.05) is 5.56 Å². The van der Waals surface area contributed by atoms with Gasteiger partial charge in [0.25, 0.3) is 0 Å². The highest BCUT2D eigenvalue weighted by Gasteiger charge is 2.31. The van der Waals surface area contributed by atoms with Gasteiger partial charge < -0.3 is 0 Å². The highest BCUT2D eigenvalue weighted by atomic mass is 19.1. The predicted molar refractivity (Wildman–Crippen MR) is 111 cm³/mol. The van der Waals surface area contributed by atoms with E-state index in [4.69, 9.17) is 0 Å². The molecule has 2 aromatic rings. The molecule has 0 fully saturated rings. The predicted octanol–water partition coefficient (Wildman–Crippen LogP) is 7.60. The van der Waals surface area contributed by atoms with E-state index in [1.165, 1.54) is 24.1 Å². The molecule has 27 heavy (non-hydrogen) atoms. The molecule has 0 aromatic heterocycles. The van der Waals surface area contributed by atoms with Crippen LogP contribution in [0, 0.1) is 19.7 Å². The Morgan fingerprint density at radius 2 is 1.63 bits per heavy atom. The second-order valence-electron chi connectivity index (χ2n) is 6.70. The molecule has 0 nitrogen and oxygen atoms in total. The molecular formula is C24H33F3. The third-order valence-electron chi connectivity index (χ3n) is 4.58. The van der Waals surface area contributed by atoms with E-state index in [0.29, 0.717) is 30.3 Å².